The topological polar surface area (TPSA) is 59.0 Å². The number of benzene rings is 1. The number of nitrogens with zero attached hydrogens (tertiary/aromatic N) is 5. The minimum Gasteiger partial charge on any atom is -0.370 e. The van der Waals surface area contributed by atoms with Gasteiger partial charge in [-0.25, -0.2) is 4.98 Å². The summed E-state index contributed by atoms with van der Waals surface area (Å²) in [6.45, 7) is 12.0. The molecule has 0 spiro atoms. The number of halogens is 1. The van der Waals surface area contributed by atoms with E-state index in [0.717, 1.165) is 63.2 Å². The highest BCUT2D eigenvalue weighted by molar-refractivity contribution is 14.0. The Kier molecular flexibility index (Phi) is 11.0. The Hall–Kier alpha value is -2.07. The van der Waals surface area contributed by atoms with E-state index in [4.69, 9.17) is 0 Å². The molecule has 176 valence electrons. The highest BCUT2D eigenvalue weighted by Crippen LogP contribution is 2.15. The summed E-state index contributed by atoms with van der Waals surface area (Å²) in [6, 6.07) is 12.9. The first-order chi connectivity index (χ1) is 15.1. The van der Waals surface area contributed by atoms with Gasteiger partial charge in [-0.1, -0.05) is 18.2 Å². The van der Waals surface area contributed by atoms with Crippen LogP contribution < -0.4 is 20.4 Å². The lowest BCUT2D eigenvalue weighted by molar-refractivity contribution is 0.312. The van der Waals surface area contributed by atoms with Gasteiger partial charge in [-0.3, -0.25) is 4.99 Å². The van der Waals surface area contributed by atoms with E-state index in [0.29, 0.717) is 6.54 Å². The number of nitrogens with one attached hydrogen (secondary N) is 2. The third-order valence-corrected chi connectivity index (χ3v) is 5.74. The first-order valence-corrected chi connectivity index (χ1v) is 11.2. The summed E-state index contributed by atoms with van der Waals surface area (Å²) < 4.78 is 0. The maximum absolute atomic E-state index is 4.67. The lowest BCUT2D eigenvalue weighted by atomic mass is 10.2. The van der Waals surface area contributed by atoms with Crippen LogP contribution in [0.5, 0.6) is 0 Å². The molecule has 1 aromatic carbocycles. The van der Waals surface area contributed by atoms with Gasteiger partial charge in [-0.2, -0.15) is 0 Å². The van der Waals surface area contributed by atoms with Gasteiger partial charge in [0, 0.05) is 71.3 Å². The number of likely N-dealkylation sites (N-methyl/N-ethyl adjacent to an activating group) is 2. The van der Waals surface area contributed by atoms with E-state index in [1.807, 2.05) is 13.2 Å². The van der Waals surface area contributed by atoms with Crippen LogP contribution in [0.1, 0.15) is 18.1 Å². The number of piperazine rings is 1. The van der Waals surface area contributed by atoms with Gasteiger partial charge in [0.2, 0.25) is 0 Å². The van der Waals surface area contributed by atoms with Crippen LogP contribution in [0.4, 0.5) is 11.5 Å². The van der Waals surface area contributed by atoms with Gasteiger partial charge in [0.25, 0.3) is 0 Å². The number of pyridine rings is 1. The lowest BCUT2D eigenvalue weighted by Gasteiger charge is -2.33. The maximum atomic E-state index is 4.67. The van der Waals surface area contributed by atoms with Gasteiger partial charge in [0.15, 0.2) is 5.96 Å². The predicted octanol–water partition coefficient (Wildman–Crippen LogP) is 2.95. The molecule has 1 aliphatic rings. The molecule has 2 N–H and O–H groups in total. The second-order valence-corrected chi connectivity index (χ2v) is 8.09. The van der Waals surface area contributed by atoms with Crippen molar-refractivity contribution in [1.29, 1.82) is 0 Å². The molecule has 8 heteroatoms. The monoisotopic (exact) mass is 551 g/mol. The fourth-order valence-corrected chi connectivity index (χ4v) is 3.75. The van der Waals surface area contributed by atoms with Crippen LogP contribution in [0.3, 0.4) is 0 Å². The first-order valence-electron chi connectivity index (χ1n) is 11.2. The molecule has 0 aliphatic carbocycles. The Morgan fingerprint density at radius 3 is 2.53 bits per heavy atom. The van der Waals surface area contributed by atoms with Crippen molar-refractivity contribution in [1.82, 2.24) is 20.5 Å². The number of anilines is 2. The largest absolute Gasteiger partial charge is 0.370 e. The summed E-state index contributed by atoms with van der Waals surface area (Å²) in [4.78, 5) is 16.1. The molecule has 0 bridgehead atoms. The summed E-state index contributed by atoms with van der Waals surface area (Å²) in [6.07, 6.45) is 1.96. The number of rotatable bonds is 8. The molecule has 32 heavy (non-hydrogen) atoms. The summed E-state index contributed by atoms with van der Waals surface area (Å²) >= 11 is 0. The molecule has 0 unspecified atom stereocenters. The summed E-state index contributed by atoms with van der Waals surface area (Å²) in [5.74, 6) is 1.87. The van der Waals surface area contributed by atoms with Crippen molar-refractivity contribution in [2.45, 2.75) is 20.4 Å². The molecule has 3 rings (SSSR count). The molecule has 0 atom stereocenters. The lowest BCUT2D eigenvalue weighted by Crippen LogP contribution is -2.44. The second kappa shape index (κ2) is 13.5. The number of aryl methyl sites for hydroxylation is 1. The fraction of sp³-hybridized carbons (Fsp3) is 0.500. The molecule has 0 radical (unpaired) electrons. The third-order valence-electron chi connectivity index (χ3n) is 5.74. The van der Waals surface area contributed by atoms with Crippen LogP contribution in [0, 0.1) is 6.92 Å². The molecule has 0 amide bonds. The van der Waals surface area contributed by atoms with E-state index in [1.165, 1.54) is 11.3 Å². The van der Waals surface area contributed by atoms with Crippen molar-refractivity contribution < 1.29 is 0 Å². The van der Waals surface area contributed by atoms with Crippen LogP contribution in [0.15, 0.2) is 47.6 Å². The highest BCUT2D eigenvalue weighted by Gasteiger charge is 2.15. The van der Waals surface area contributed by atoms with Gasteiger partial charge in [0.05, 0.1) is 0 Å². The van der Waals surface area contributed by atoms with Gasteiger partial charge < -0.3 is 25.3 Å². The van der Waals surface area contributed by atoms with E-state index in [1.54, 1.807) is 0 Å². The van der Waals surface area contributed by atoms with Gasteiger partial charge in [-0.05, 0) is 50.2 Å². The minimum atomic E-state index is 0. The smallest absolute Gasteiger partial charge is 0.191 e. The number of hydrogen-bond donors (Lipinski definition) is 2. The van der Waals surface area contributed by atoms with Crippen LogP contribution in [-0.2, 0) is 6.54 Å². The highest BCUT2D eigenvalue weighted by atomic mass is 127. The van der Waals surface area contributed by atoms with Crippen LogP contribution in [0.2, 0.25) is 0 Å². The molecule has 1 fully saturated rings. The standard InChI is InChI=1S/C24H37N7.HI/c1-5-30(22-8-6-7-20(2)17-22)12-11-26-24(25-3)28-19-21-9-10-23(27-18-21)31-15-13-29(4)14-16-31;/h6-10,17-18H,5,11-16,19H2,1-4H3,(H2,25,26,28);1H. The quantitative estimate of drug-likeness (QED) is 0.299. The number of aromatic nitrogens is 1. The molecular weight excluding hydrogens is 513 g/mol. The molecular formula is C24H38IN7. The Balaban J connectivity index is 0.00000363. The van der Waals surface area contributed by atoms with E-state index in [2.05, 4.69) is 92.6 Å². The van der Waals surface area contributed by atoms with E-state index >= 15 is 0 Å². The molecule has 1 aliphatic heterocycles. The zero-order chi connectivity index (χ0) is 22.1. The normalized spacial score (nSPS) is 14.6. The van der Waals surface area contributed by atoms with Crippen LogP contribution in [0.25, 0.3) is 0 Å². The minimum absolute atomic E-state index is 0. The molecule has 7 nitrogen and oxygen atoms in total. The second-order valence-electron chi connectivity index (χ2n) is 8.09. The Morgan fingerprint density at radius 1 is 1.12 bits per heavy atom. The molecule has 0 saturated carbocycles. The molecule has 2 aromatic rings. The Labute approximate surface area is 210 Å². The first kappa shape index (κ1) is 26.2. The Bertz CT molecular complexity index is 832. The summed E-state index contributed by atoms with van der Waals surface area (Å²) in [7, 11) is 3.98. The van der Waals surface area contributed by atoms with E-state index in [9.17, 15) is 0 Å². The van der Waals surface area contributed by atoms with Crippen LogP contribution >= 0.6 is 24.0 Å². The SMILES string of the molecule is CCN(CCNC(=NC)NCc1ccc(N2CCN(C)CC2)nc1)c1cccc(C)c1.I. The van der Waals surface area contributed by atoms with Crippen molar-refractivity contribution in [3.63, 3.8) is 0 Å². The van der Waals surface area contributed by atoms with Gasteiger partial charge >= 0.3 is 0 Å². The maximum Gasteiger partial charge on any atom is 0.191 e. The number of hydrogen-bond acceptors (Lipinski definition) is 5. The van der Waals surface area contributed by atoms with Gasteiger partial charge in [0.1, 0.15) is 5.82 Å². The number of aliphatic imine (C=N–C) groups is 1. The Morgan fingerprint density at radius 2 is 1.91 bits per heavy atom. The fourth-order valence-electron chi connectivity index (χ4n) is 3.75. The van der Waals surface area contributed by atoms with E-state index in [-0.39, 0.29) is 24.0 Å². The van der Waals surface area contributed by atoms with Gasteiger partial charge in [-0.15, -0.1) is 24.0 Å². The zero-order valence-electron chi connectivity index (χ0n) is 19.8. The molecule has 1 aromatic heterocycles. The third kappa shape index (κ3) is 7.81. The van der Waals surface area contributed by atoms with E-state index < -0.39 is 0 Å². The van der Waals surface area contributed by atoms with Crippen molar-refractivity contribution in [3.05, 3.63) is 53.7 Å². The van der Waals surface area contributed by atoms with Crippen LogP contribution in [-0.4, -0.2) is 75.8 Å². The van der Waals surface area contributed by atoms with Crippen molar-refractivity contribution >= 4 is 41.4 Å². The van der Waals surface area contributed by atoms with Crippen molar-refractivity contribution in [2.24, 2.45) is 4.99 Å². The molecule has 2 heterocycles. The average Bonchev–Trinajstić information content (AvgIpc) is 2.79. The van der Waals surface area contributed by atoms with Crippen molar-refractivity contribution in [2.75, 3.05) is 69.7 Å². The zero-order valence-corrected chi connectivity index (χ0v) is 22.2. The predicted molar refractivity (Wildman–Crippen MR) is 147 cm³/mol. The molecule has 1 saturated heterocycles. The summed E-state index contributed by atoms with van der Waals surface area (Å²) in [5.41, 5.74) is 3.70. The number of guanidine groups is 1. The summed E-state index contributed by atoms with van der Waals surface area (Å²) in [5, 5.41) is 6.81. The van der Waals surface area contributed by atoms with Crippen molar-refractivity contribution in [3.8, 4) is 0 Å². The average molecular weight is 552 g/mol.